The molecule has 1 amide bonds. The minimum Gasteiger partial charge on any atom is -0.497 e. The van der Waals surface area contributed by atoms with E-state index in [1.807, 2.05) is 23.1 Å². The van der Waals surface area contributed by atoms with Gasteiger partial charge >= 0.3 is 0 Å². The van der Waals surface area contributed by atoms with Gasteiger partial charge in [0.15, 0.2) is 0 Å². The van der Waals surface area contributed by atoms with E-state index in [0.29, 0.717) is 12.3 Å². The largest absolute Gasteiger partial charge is 0.497 e. The molecule has 2 atom stereocenters. The number of carbonyl (C=O) groups is 1. The molecule has 0 bridgehead atoms. The van der Waals surface area contributed by atoms with Crippen molar-refractivity contribution in [2.45, 2.75) is 39.0 Å². The molecular formula is C17H25NO2. The van der Waals surface area contributed by atoms with Crippen molar-refractivity contribution in [1.82, 2.24) is 4.90 Å². The van der Waals surface area contributed by atoms with E-state index in [2.05, 4.69) is 19.9 Å². The molecule has 0 aliphatic carbocycles. The second kappa shape index (κ2) is 6.78. The highest BCUT2D eigenvalue weighted by atomic mass is 16.5. The number of methoxy groups -OCH3 is 1. The van der Waals surface area contributed by atoms with Gasteiger partial charge in [0.2, 0.25) is 5.91 Å². The van der Waals surface area contributed by atoms with Gasteiger partial charge in [-0.15, -0.1) is 0 Å². The van der Waals surface area contributed by atoms with Crippen molar-refractivity contribution in [3.63, 3.8) is 0 Å². The molecule has 2 rings (SSSR count). The molecule has 0 N–H and O–H groups in total. The highest BCUT2D eigenvalue weighted by molar-refractivity contribution is 5.77. The summed E-state index contributed by atoms with van der Waals surface area (Å²) in [5.74, 6) is 2.01. The lowest BCUT2D eigenvalue weighted by molar-refractivity contribution is -0.133. The van der Waals surface area contributed by atoms with Gasteiger partial charge in [-0.1, -0.05) is 26.0 Å². The number of hydrogen-bond donors (Lipinski definition) is 0. The van der Waals surface area contributed by atoms with Crippen LogP contribution in [-0.2, 0) is 4.79 Å². The molecule has 1 fully saturated rings. The van der Waals surface area contributed by atoms with Crippen LogP contribution < -0.4 is 4.74 Å². The number of amides is 1. The van der Waals surface area contributed by atoms with E-state index >= 15 is 0 Å². The third kappa shape index (κ3) is 3.75. The Morgan fingerprint density at radius 3 is 3.00 bits per heavy atom. The van der Waals surface area contributed by atoms with E-state index in [0.717, 1.165) is 25.3 Å². The van der Waals surface area contributed by atoms with Crippen molar-refractivity contribution in [3.05, 3.63) is 29.8 Å². The molecule has 110 valence electrons. The first-order valence-corrected chi connectivity index (χ1v) is 7.52. The maximum absolute atomic E-state index is 12.4. The highest BCUT2D eigenvalue weighted by Gasteiger charge is 2.22. The predicted molar refractivity (Wildman–Crippen MR) is 81.0 cm³/mol. The summed E-state index contributed by atoms with van der Waals surface area (Å²) in [4.78, 5) is 14.4. The standard InChI is InChI=1S/C17H25NO2/c1-13-6-5-9-18(12-13)17(19)10-14(2)15-7-4-8-16(11-15)20-3/h4,7-8,11,13-14H,5-6,9-10,12H2,1-3H3. The zero-order valence-electron chi connectivity index (χ0n) is 12.8. The summed E-state index contributed by atoms with van der Waals surface area (Å²) in [6.45, 7) is 6.18. The average Bonchev–Trinajstić information content (AvgIpc) is 2.47. The van der Waals surface area contributed by atoms with Crippen LogP contribution in [0.5, 0.6) is 5.75 Å². The topological polar surface area (TPSA) is 29.5 Å². The van der Waals surface area contributed by atoms with Gasteiger partial charge in [-0.2, -0.15) is 0 Å². The third-order valence-electron chi connectivity index (χ3n) is 4.15. The van der Waals surface area contributed by atoms with Gasteiger partial charge in [0.1, 0.15) is 5.75 Å². The Morgan fingerprint density at radius 2 is 2.30 bits per heavy atom. The molecule has 1 aromatic carbocycles. The smallest absolute Gasteiger partial charge is 0.223 e. The number of carbonyl (C=O) groups excluding carboxylic acids is 1. The van der Waals surface area contributed by atoms with Gasteiger partial charge in [-0.3, -0.25) is 4.79 Å². The Bertz CT molecular complexity index is 458. The van der Waals surface area contributed by atoms with Crippen LogP contribution in [0.1, 0.15) is 44.6 Å². The number of rotatable bonds is 4. The van der Waals surface area contributed by atoms with E-state index < -0.39 is 0 Å². The van der Waals surface area contributed by atoms with Gasteiger partial charge in [-0.25, -0.2) is 0 Å². The van der Waals surface area contributed by atoms with E-state index in [1.54, 1.807) is 7.11 Å². The number of likely N-dealkylation sites (tertiary alicyclic amines) is 1. The van der Waals surface area contributed by atoms with Crippen molar-refractivity contribution >= 4 is 5.91 Å². The monoisotopic (exact) mass is 275 g/mol. The molecule has 1 aliphatic heterocycles. The molecule has 1 aliphatic rings. The fourth-order valence-corrected chi connectivity index (χ4v) is 2.87. The summed E-state index contributed by atoms with van der Waals surface area (Å²) in [6.07, 6.45) is 2.97. The Kier molecular flexibility index (Phi) is 5.05. The van der Waals surface area contributed by atoms with Gasteiger partial charge in [0.05, 0.1) is 7.11 Å². The van der Waals surface area contributed by atoms with Crippen LogP contribution >= 0.6 is 0 Å². The van der Waals surface area contributed by atoms with E-state index in [-0.39, 0.29) is 11.8 Å². The van der Waals surface area contributed by atoms with Crippen molar-refractivity contribution in [1.29, 1.82) is 0 Å². The van der Waals surface area contributed by atoms with Crippen LogP contribution in [0.3, 0.4) is 0 Å². The number of nitrogens with zero attached hydrogens (tertiary/aromatic N) is 1. The summed E-state index contributed by atoms with van der Waals surface area (Å²) in [5, 5.41) is 0. The van der Waals surface area contributed by atoms with E-state index in [4.69, 9.17) is 4.74 Å². The number of hydrogen-bond acceptors (Lipinski definition) is 2. The molecular weight excluding hydrogens is 250 g/mol. The normalized spacial score (nSPS) is 20.6. The Morgan fingerprint density at radius 1 is 1.50 bits per heavy atom. The van der Waals surface area contributed by atoms with Gasteiger partial charge in [-0.05, 0) is 42.4 Å². The molecule has 2 unspecified atom stereocenters. The summed E-state index contributed by atoms with van der Waals surface area (Å²) in [7, 11) is 1.67. The first kappa shape index (κ1) is 14.9. The fourth-order valence-electron chi connectivity index (χ4n) is 2.87. The summed E-state index contributed by atoms with van der Waals surface area (Å²) >= 11 is 0. The maximum atomic E-state index is 12.4. The summed E-state index contributed by atoms with van der Waals surface area (Å²) in [6, 6.07) is 8.01. The molecule has 0 aromatic heterocycles. The molecule has 3 nitrogen and oxygen atoms in total. The number of piperidine rings is 1. The molecule has 0 radical (unpaired) electrons. The molecule has 0 saturated carbocycles. The first-order valence-electron chi connectivity index (χ1n) is 7.52. The number of benzene rings is 1. The third-order valence-corrected chi connectivity index (χ3v) is 4.15. The minimum absolute atomic E-state index is 0.231. The zero-order chi connectivity index (χ0) is 14.5. The molecule has 3 heteroatoms. The lowest BCUT2D eigenvalue weighted by atomic mass is 9.95. The van der Waals surface area contributed by atoms with Gasteiger partial charge in [0, 0.05) is 19.5 Å². The maximum Gasteiger partial charge on any atom is 0.223 e. The second-order valence-corrected chi connectivity index (χ2v) is 5.97. The quantitative estimate of drug-likeness (QED) is 0.842. The second-order valence-electron chi connectivity index (χ2n) is 5.97. The Balaban J connectivity index is 1.96. The molecule has 1 saturated heterocycles. The lowest BCUT2D eigenvalue weighted by Gasteiger charge is -2.31. The minimum atomic E-state index is 0.231. The Labute approximate surface area is 121 Å². The summed E-state index contributed by atoms with van der Waals surface area (Å²) in [5.41, 5.74) is 1.17. The zero-order valence-corrected chi connectivity index (χ0v) is 12.8. The van der Waals surface area contributed by atoms with Crippen molar-refractivity contribution in [2.75, 3.05) is 20.2 Å². The SMILES string of the molecule is COc1cccc(C(C)CC(=O)N2CCCC(C)C2)c1. The van der Waals surface area contributed by atoms with Crippen LogP contribution in [0, 0.1) is 5.92 Å². The van der Waals surface area contributed by atoms with Gasteiger partial charge in [0.25, 0.3) is 0 Å². The van der Waals surface area contributed by atoms with Crippen LogP contribution in [0.2, 0.25) is 0 Å². The molecule has 0 spiro atoms. The molecule has 1 heterocycles. The van der Waals surface area contributed by atoms with Gasteiger partial charge < -0.3 is 9.64 Å². The van der Waals surface area contributed by atoms with Crippen LogP contribution in [0.15, 0.2) is 24.3 Å². The number of ether oxygens (including phenoxy) is 1. The van der Waals surface area contributed by atoms with Crippen molar-refractivity contribution in [3.8, 4) is 5.75 Å². The fraction of sp³-hybridized carbons (Fsp3) is 0.588. The molecule has 20 heavy (non-hydrogen) atoms. The first-order chi connectivity index (χ1) is 9.60. The predicted octanol–water partition coefficient (Wildman–Crippen LogP) is 3.45. The van der Waals surface area contributed by atoms with E-state index in [9.17, 15) is 4.79 Å². The Hall–Kier alpha value is -1.51. The van der Waals surface area contributed by atoms with Crippen molar-refractivity contribution in [2.24, 2.45) is 5.92 Å². The average molecular weight is 275 g/mol. The molecule has 1 aromatic rings. The highest BCUT2D eigenvalue weighted by Crippen LogP contribution is 2.25. The lowest BCUT2D eigenvalue weighted by Crippen LogP contribution is -2.39. The van der Waals surface area contributed by atoms with Crippen LogP contribution in [0.4, 0.5) is 0 Å². The summed E-state index contributed by atoms with van der Waals surface area (Å²) < 4.78 is 5.25. The van der Waals surface area contributed by atoms with Crippen LogP contribution in [-0.4, -0.2) is 31.0 Å². The van der Waals surface area contributed by atoms with Crippen LogP contribution in [0.25, 0.3) is 0 Å². The van der Waals surface area contributed by atoms with E-state index in [1.165, 1.54) is 12.0 Å². The van der Waals surface area contributed by atoms with Crippen molar-refractivity contribution < 1.29 is 9.53 Å².